The molecular formula is C72H42S2. The van der Waals surface area contributed by atoms with Gasteiger partial charge in [0.05, 0.1) is 0 Å². The number of hydrogen-bond acceptors (Lipinski definition) is 2. The molecule has 0 radical (unpaired) electrons. The SMILES string of the molecule is c1ccc(-c2ccc3c4ccc(-c5cc(-c6ccc7sc8ccccc8c7c6)cc(-c6cccc7c8ccccc8c8ccccc8c67)c5)cc4c4ccccc4c3c2)c(-c2ccc3c(c2)sc2ccccc23)c1. The predicted octanol–water partition coefficient (Wildman–Crippen LogP) is 21.7. The Balaban J connectivity index is 0.887. The normalized spacial score (nSPS) is 12.1. The van der Waals surface area contributed by atoms with Gasteiger partial charge in [-0.1, -0.05) is 194 Å². The molecule has 0 fully saturated rings. The van der Waals surface area contributed by atoms with Crippen LogP contribution >= 0.6 is 22.7 Å². The molecule has 342 valence electrons. The number of benzene rings is 14. The van der Waals surface area contributed by atoms with Crippen molar-refractivity contribution in [2.24, 2.45) is 0 Å². The lowest BCUT2D eigenvalue weighted by Crippen LogP contribution is -1.90. The number of thiophene rings is 2. The van der Waals surface area contributed by atoms with Crippen LogP contribution in [0.2, 0.25) is 0 Å². The molecule has 0 nitrogen and oxygen atoms in total. The van der Waals surface area contributed by atoms with E-state index in [1.807, 2.05) is 22.7 Å². The van der Waals surface area contributed by atoms with Crippen LogP contribution in [0.1, 0.15) is 0 Å². The van der Waals surface area contributed by atoms with Gasteiger partial charge in [0.2, 0.25) is 0 Å². The van der Waals surface area contributed by atoms with Crippen LogP contribution in [-0.2, 0) is 0 Å². The van der Waals surface area contributed by atoms with E-state index in [4.69, 9.17) is 0 Å². The monoisotopic (exact) mass is 970 g/mol. The lowest BCUT2D eigenvalue weighted by atomic mass is 9.86. The van der Waals surface area contributed by atoms with Crippen molar-refractivity contribution < 1.29 is 0 Å². The highest BCUT2D eigenvalue weighted by atomic mass is 32.1. The first-order valence-corrected chi connectivity index (χ1v) is 27.1. The van der Waals surface area contributed by atoms with E-state index in [2.05, 4.69) is 255 Å². The second kappa shape index (κ2) is 16.3. The van der Waals surface area contributed by atoms with Crippen molar-refractivity contribution in [1.82, 2.24) is 0 Å². The highest BCUT2D eigenvalue weighted by molar-refractivity contribution is 7.26. The van der Waals surface area contributed by atoms with Gasteiger partial charge in [0.15, 0.2) is 0 Å². The molecule has 0 aliphatic rings. The highest BCUT2D eigenvalue weighted by Crippen LogP contribution is 2.46. The molecule has 0 unspecified atom stereocenters. The van der Waals surface area contributed by atoms with Crippen molar-refractivity contribution in [1.29, 1.82) is 0 Å². The molecule has 16 aromatic rings. The van der Waals surface area contributed by atoms with Gasteiger partial charge in [0.25, 0.3) is 0 Å². The highest BCUT2D eigenvalue weighted by Gasteiger charge is 2.18. The number of fused-ring (bicyclic) bond motifs is 18. The minimum atomic E-state index is 1.20. The van der Waals surface area contributed by atoms with Gasteiger partial charge in [0.1, 0.15) is 0 Å². The van der Waals surface area contributed by atoms with Gasteiger partial charge in [-0.05, 0) is 181 Å². The first kappa shape index (κ1) is 41.7. The van der Waals surface area contributed by atoms with Crippen LogP contribution < -0.4 is 0 Å². The Morgan fingerprint density at radius 2 is 0.514 bits per heavy atom. The zero-order valence-corrected chi connectivity index (χ0v) is 41.7. The van der Waals surface area contributed by atoms with E-state index < -0.39 is 0 Å². The quantitative estimate of drug-likeness (QED) is 0.151. The maximum absolute atomic E-state index is 2.45. The van der Waals surface area contributed by atoms with Gasteiger partial charge in [-0.15, -0.1) is 22.7 Å². The summed E-state index contributed by atoms with van der Waals surface area (Å²) in [7, 11) is 0. The van der Waals surface area contributed by atoms with Gasteiger partial charge in [-0.25, -0.2) is 0 Å². The fraction of sp³-hybridized carbons (Fsp3) is 0. The Hall–Kier alpha value is -8.92. The van der Waals surface area contributed by atoms with E-state index in [0.29, 0.717) is 0 Å². The van der Waals surface area contributed by atoms with Gasteiger partial charge in [-0.2, -0.15) is 0 Å². The molecule has 0 bridgehead atoms. The lowest BCUT2D eigenvalue weighted by molar-refractivity contribution is 1.60. The average Bonchev–Trinajstić information content (AvgIpc) is 4.05. The standard InChI is InChI=1S/C72H42S2/c1-2-15-51(46-30-34-62-60-21-9-11-26-68(60)74-71(62)42-46)50(14-1)45-29-33-59-58-32-28-43(39-65(58)56-19-5-6-20-57(56)66(59)41-45)47-36-48(44-31-35-70-67(40-44)61-22-10-12-27-69(61)73-70)38-49(37-47)52-24-13-25-64-55-17-4-3-16-53(55)54-18-7-8-23-63(54)72(52)64/h1-42H. The van der Waals surface area contributed by atoms with Crippen LogP contribution in [0.25, 0.3) is 161 Å². The summed E-state index contributed by atoms with van der Waals surface area (Å²) >= 11 is 3.75. The number of rotatable bonds is 5. The number of hydrogen-bond donors (Lipinski definition) is 0. The van der Waals surface area contributed by atoms with E-state index in [9.17, 15) is 0 Å². The molecular weight excluding hydrogens is 929 g/mol. The molecule has 0 saturated carbocycles. The topological polar surface area (TPSA) is 0 Å². The smallest absolute Gasteiger partial charge is 0.0361 e. The Bertz CT molecular complexity index is 4960. The average molecular weight is 971 g/mol. The van der Waals surface area contributed by atoms with Gasteiger partial charge < -0.3 is 0 Å². The summed E-state index contributed by atoms with van der Waals surface area (Å²) in [6.07, 6.45) is 0. The third-order valence-corrected chi connectivity index (χ3v) is 18.1. The van der Waals surface area contributed by atoms with Crippen molar-refractivity contribution in [2.45, 2.75) is 0 Å². The molecule has 2 heteroatoms. The summed E-state index contributed by atoms with van der Waals surface area (Å²) in [5.41, 5.74) is 12.2. The van der Waals surface area contributed by atoms with Crippen molar-refractivity contribution in [3.05, 3.63) is 255 Å². The summed E-state index contributed by atoms with van der Waals surface area (Å²) in [5.74, 6) is 0. The fourth-order valence-electron chi connectivity index (χ4n) is 12.4. The minimum Gasteiger partial charge on any atom is -0.135 e. The van der Waals surface area contributed by atoms with Crippen LogP contribution in [0, 0.1) is 0 Å². The van der Waals surface area contributed by atoms with E-state index >= 15 is 0 Å². The van der Waals surface area contributed by atoms with E-state index in [-0.39, 0.29) is 0 Å². The Morgan fingerprint density at radius 3 is 1.14 bits per heavy atom. The molecule has 0 amide bonds. The van der Waals surface area contributed by atoms with Gasteiger partial charge in [0, 0.05) is 40.3 Å². The second-order valence-electron chi connectivity index (χ2n) is 19.8. The molecule has 0 saturated heterocycles. The van der Waals surface area contributed by atoms with E-state index in [1.54, 1.807) is 0 Å². The zero-order chi connectivity index (χ0) is 48.4. The molecule has 2 heterocycles. The third-order valence-electron chi connectivity index (χ3n) is 15.8. The van der Waals surface area contributed by atoms with Crippen molar-refractivity contribution >= 4 is 128 Å². The molecule has 0 atom stereocenters. The first-order valence-electron chi connectivity index (χ1n) is 25.5. The summed E-state index contributed by atoms with van der Waals surface area (Å²) in [4.78, 5) is 0. The van der Waals surface area contributed by atoms with E-state index in [1.165, 1.54) is 161 Å². The van der Waals surface area contributed by atoms with E-state index in [0.717, 1.165) is 0 Å². The third kappa shape index (κ3) is 6.39. The summed E-state index contributed by atoms with van der Waals surface area (Å²) in [6.45, 7) is 0. The van der Waals surface area contributed by atoms with Crippen LogP contribution in [0.15, 0.2) is 255 Å². The second-order valence-corrected chi connectivity index (χ2v) is 22.0. The van der Waals surface area contributed by atoms with Crippen molar-refractivity contribution in [3.8, 4) is 55.6 Å². The molecule has 74 heavy (non-hydrogen) atoms. The first-order chi connectivity index (χ1) is 36.7. The molecule has 0 aliphatic heterocycles. The molecule has 2 aromatic heterocycles. The van der Waals surface area contributed by atoms with Crippen molar-refractivity contribution in [3.63, 3.8) is 0 Å². The Morgan fingerprint density at radius 1 is 0.162 bits per heavy atom. The summed E-state index contributed by atoms with van der Waals surface area (Å²) in [6, 6.07) is 95.9. The summed E-state index contributed by atoms with van der Waals surface area (Å²) < 4.78 is 5.29. The molecule has 16 rings (SSSR count). The maximum Gasteiger partial charge on any atom is 0.0361 e. The molecule has 0 N–H and O–H groups in total. The Labute approximate surface area is 435 Å². The fourth-order valence-corrected chi connectivity index (χ4v) is 14.6. The molecule has 0 aliphatic carbocycles. The minimum absolute atomic E-state index is 1.20. The lowest BCUT2D eigenvalue weighted by Gasteiger charge is -2.17. The van der Waals surface area contributed by atoms with Gasteiger partial charge in [-0.3, -0.25) is 0 Å². The predicted molar refractivity (Wildman–Crippen MR) is 324 cm³/mol. The van der Waals surface area contributed by atoms with Crippen LogP contribution in [0.4, 0.5) is 0 Å². The van der Waals surface area contributed by atoms with Crippen LogP contribution in [-0.4, -0.2) is 0 Å². The maximum atomic E-state index is 2.45. The van der Waals surface area contributed by atoms with Gasteiger partial charge >= 0.3 is 0 Å². The molecule has 14 aromatic carbocycles. The van der Waals surface area contributed by atoms with Crippen LogP contribution in [0.5, 0.6) is 0 Å². The molecule has 0 spiro atoms. The largest absolute Gasteiger partial charge is 0.135 e. The zero-order valence-electron chi connectivity index (χ0n) is 40.1. The van der Waals surface area contributed by atoms with Crippen molar-refractivity contribution in [2.75, 3.05) is 0 Å². The summed E-state index contributed by atoms with van der Waals surface area (Å²) in [5, 5.41) is 20.5. The Kier molecular flexibility index (Phi) is 9.18. The van der Waals surface area contributed by atoms with Crippen LogP contribution in [0.3, 0.4) is 0 Å².